The fraction of sp³-hybridized carbons (Fsp3) is 0.355. The lowest BCUT2D eigenvalue weighted by Crippen LogP contribution is -2.52. The molecule has 2 amide bonds. The van der Waals surface area contributed by atoms with Gasteiger partial charge in [-0.05, 0) is 75.9 Å². The molecule has 0 aliphatic rings. The van der Waals surface area contributed by atoms with Gasteiger partial charge in [-0.1, -0.05) is 67.1 Å². The summed E-state index contributed by atoms with van der Waals surface area (Å²) in [5, 5.41) is 2.96. The van der Waals surface area contributed by atoms with Gasteiger partial charge in [0.15, 0.2) is 0 Å². The molecule has 8 heteroatoms. The average molecular weight is 550 g/mol. The normalized spacial score (nSPS) is 12.9. The highest BCUT2D eigenvalue weighted by atomic mass is 32.2. The quantitative estimate of drug-likeness (QED) is 0.359. The Hall–Kier alpha value is -3.65. The first-order chi connectivity index (χ1) is 18.4. The van der Waals surface area contributed by atoms with Crippen LogP contribution in [0, 0.1) is 20.8 Å². The van der Waals surface area contributed by atoms with Gasteiger partial charge in [0.25, 0.3) is 10.0 Å². The summed E-state index contributed by atoms with van der Waals surface area (Å²) in [7, 11) is -4.08. The van der Waals surface area contributed by atoms with Crippen LogP contribution in [0.4, 0.5) is 5.69 Å². The van der Waals surface area contributed by atoms with Crippen LogP contribution < -0.4 is 9.62 Å². The number of nitrogens with zero attached hydrogens (tertiary/aromatic N) is 2. The van der Waals surface area contributed by atoms with E-state index in [-0.39, 0.29) is 23.4 Å². The molecule has 0 aromatic heterocycles. The number of amides is 2. The van der Waals surface area contributed by atoms with Crippen molar-refractivity contribution in [3.8, 4) is 0 Å². The number of anilines is 1. The molecule has 0 radical (unpaired) electrons. The Morgan fingerprint density at radius 3 is 2.13 bits per heavy atom. The number of nitrogens with one attached hydrogen (secondary N) is 1. The fourth-order valence-corrected chi connectivity index (χ4v) is 5.84. The molecule has 0 unspecified atom stereocenters. The molecule has 0 saturated heterocycles. The number of aryl methyl sites for hydroxylation is 3. The molecule has 7 nitrogen and oxygen atoms in total. The molecule has 1 N–H and O–H groups in total. The fourth-order valence-electron chi connectivity index (χ4n) is 4.34. The summed E-state index contributed by atoms with van der Waals surface area (Å²) >= 11 is 0. The largest absolute Gasteiger partial charge is 0.352 e. The molecule has 0 bridgehead atoms. The van der Waals surface area contributed by atoms with Crippen LogP contribution in [0.5, 0.6) is 0 Å². The number of carbonyl (C=O) groups is 2. The topological polar surface area (TPSA) is 86.8 Å². The van der Waals surface area contributed by atoms with Crippen molar-refractivity contribution in [2.24, 2.45) is 0 Å². The molecule has 0 saturated carbocycles. The van der Waals surface area contributed by atoms with Gasteiger partial charge in [-0.3, -0.25) is 13.9 Å². The highest BCUT2D eigenvalue weighted by Crippen LogP contribution is 2.28. The van der Waals surface area contributed by atoms with Gasteiger partial charge in [0.1, 0.15) is 12.6 Å². The third-order valence-corrected chi connectivity index (χ3v) is 8.78. The van der Waals surface area contributed by atoms with Crippen molar-refractivity contribution >= 4 is 27.5 Å². The summed E-state index contributed by atoms with van der Waals surface area (Å²) in [5.74, 6) is -0.750. The van der Waals surface area contributed by atoms with Gasteiger partial charge in [0.2, 0.25) is 11.8 Å². The van der Waals surface area contributed by atoms with E-state index in [1.165, 1.54) is 17.0 Å². The summed E-state index contributed by atoms with van der Waals surface area (Å²) in [6.07, 6.45) is 0.750. The monoisotopic (exact) mass is 549 g/mol. The Labute approximate surface area is 232 Å². The summed E-state index contributed by atoms with van der Waals surface area (Å²) in [6, 6.07) is 20.3. The minimum Gasteiger partial charge on any atom is -0.352 e. The van der Waals surface area contributed by atoms with Crippen LogP contribution in [0.2, 0.25) is 0 Å². The maximum atomic E-state index is 14.0. The maximum absolute atomic E-state index is 14.0. The summed E-state index contributed by atoms with van der Waals surface area (Å²) in [6.45, 7) is 11.0. The Morgan fingerprint density at radius 1 is 0.872 bits per heavy atom. The van der Waals surface area contributed by atoms with E-state index in [4.69, 9.17) is 0 Å². The van der Waals surface area contributed by atoms with Crippen molar-refractivity contribution in [1.29, 1.82) is 0 Å². The third-order valence-electron chi connectivity index (χ3n) is 7.00. The Bertz CT molecular complexity index is 1410. The number of hydrogen-bond acceptors (Lipinski definition) is 4. The average Bonchev–Trinajstić information content (AvgIpc) is 2.91. The number of benzene rings is 3. The molecule has 39 heavy (non-hydrogen) atoms. The second-order valence-corrected chi connectivity index (χ2v) is 11.9. The third kappa shape index (κ3) is 7.26. The molecule has 0 aliphatic carbocycles. The molecule has 3 rings (SSSR count). The Morgan fingerprint density at radius 2 is 1.51 bits per heavy atom. The van der Waals surface area contributed by atoms with E-state index in [9.17, 15) is 18.0 Å². The molecule has 208 valence electrons. The molecule has 0 spiro atoms. The number of rotatable bonds is 11. The highest BCUT2D eigenvalue weighted by molar-refractivity contribution is 7.92. The van der Waals surface area contributed by atoms with Gasteiger partial charge in [-0.15, -0.1) is 0 Å². The molecule has 0 aliphatic heterocycles. The first kappa shape index (κ1) is 29.9. The van der Waals surface area contributed by atoms with Gasteiger partial charge in [0.05, 0.1) is 10.6 Å². The van der Waals surface area contributed by atoms with E-state index >= 15 is 0 Å². The second-order valence-electron chi connectivity index (χ2n) is 10.1. The minimum absolute atomic E-state index is 0.0551. The van der Waals surface area contributed by atoms with Crippen molar-refractivity contribution in [2.75, 3.05) is 10.8 Å². The van der Waals surface area contributed by atoms with Crippen LogP contribution in [0.3, 0.4) is 0 Å². The Balaban J connectivity index is 2.06. The summed E-state index contributed by atoms with van der Waals surface area (Å²) < 4.78 is 29.0. The van der Waals surface area contributed by atoms with Crippen molar-refractivity contribution < 1.29 is 18.0 Å². The van der Waals surface area contributed by atoms with E-state index < -0.39 is 28.5 Å². The van der Waals surface area contributed by atoms with Gasteiger partial charge >= 0.3 is 0 Å². The van der Waals surface area contributed by atoms with Crippen LogP contribution in [-0.4, -0.2) is 43.8 Å². The van der Waals surface area contributed by atoms with Crippen molar-refractivity contribution in [2.45, 2.75) is 71.5 Å². The number of sulfonamides is 1. The van der Waals surface area contributed by atoms with Crippen LogP contribution in [0.1, 0.15) is 49.4 Å². The summed E-state index contributed by atoms with van der Waals surface area (Å²) in [5.41, 5.74) is 4.00. The zero-order valence-electron chi connectivity index (χ0n) is 23.6. The second kappa shape index (κ2) is 12.9. The molecular weight excluding hydrogens is 510 g/mol. The van der Waals surface area contributed by atoms with E-state index in [1.807, 2.05) is 71.0 Å². The first-order valence-electron chi connectivity index (χ1n) is 13.2. The van der Waals surface area contributed by atoms with Crippen molar-refractivity contribution in [1.82, 2.24) is 10.2 Å². The molecule has 0 fully saturated rings. The lowest BCUT2D eigenvalue weighted by molar-refractivity contribution is -0.139. The lowest BCUT2D eigenvalue weighted by Gasteiger charge is -2.33. The Kier molecular flexibility index (Phi) is 9.92. The van der Waals surface area contributed by atoms with E-state index in [2.05, 4.69) is 5.32 Å². The molecular formula is C31H39N3O4S. The molecule has 0 heterocycles. The molecule has 2 atom stereocenters. The van der Waals surface area contributed by atoms with Crippen LogP contribution in [0.25, 0.3) is 0 Å². The molecule has 3 aromatic rings. The SMILES string of the molecule is CC[C@H](C)NC(=O)[C@H](C)N(Cc1ccccc1C)C(=O)CN(c1ccc(C)cc1C)S(=O)(=O)c1ccccc1. The molecule has 3 aromatic carbocycles. The zero-order chi connectivity index (χ0) is 28.7. The van der Waals surface area contributed by atoms with Gasteiger partial charge in [-0.2, -0.15) is 0 Å². The zero-order valence-corrected chi connectivity index (χ0v) is 24.5. The number of hydrogen-bond donors (Lipinski definition) is 1. The smallest absolute Gasteiger partial charge is 0.264 e. The highest BCUT2D eigenvalue weighted by Gasteiger charge is 2.33. The van der Waals surface area contributed by atoms with Crippen molar-refractivity contribution in [3.05, 3.63) is 95.1 Å². The minimum atomic E-state index is -4.08. The van der Waals surface area contributed by atoms with Crippen LogP contribution >= 0.6 is 0 Å². The maximum Gasteiger partial charge on any atom is 0.264 e. The first-order valence-corrected chi connectivity index (χ1v) is 14.7. The van der Waals surface area contributed by atoms with Gasteiger partial charge in [0, 0.05) is 12.6 Å². The predicted molar refractivity (Wildman–Crippen MR) is 156 cm³/mol. The lowest BCUT2D eigenvalue weighted by atomic mass is 10.1. The summed E-state index contributed by atoms with van der Waals surface area (Å²) in [4.78, 5) is 28.8. The van der Waals surface area contributed by atoms with E-state index in [0.29, 0.717) is 5.69 Å². The predicted octanol–water partition coefficient (Wildman–Crippen LogP) is 5.14. The van der Waals surface area contributed by atoms with E-state index in [1.54, 1.807) is 31.2 Å². The van der Waals surface area contributed by atoms with Gasteiger partial charge in [-0.25, -0.2) is 8.42 Å². The van der Waals surface area contributed by atoms with Crippen LogP contribution in [0.15, 0.2) is 77.7 Å². The van der Waals surface area contributed by atoms with Gasteiger partial charge < -0.3 is 10.2 Å². The van der Waals surface area contributed by atoms with Crippen LogP contribution in [-0.2, 0) is 26.2 Å². The van der Waals surface area contributed by atoms with E-state index in [0.717, 1.165) is 33.0 Å². The van der Waals surface area contributed by atoms with Crippen molar-refractivity contribution in [3.63, 3.8) is 0 Å². The standard InChI is InChI=1S/C31H39N3O4S/c1-7-25(5)32-31(36)26(6)33(20-27-14-12-11-13-23(27)3)30(35)21-34(29-18-17-22(2)19-24(29)4)39(37,38)28-15-9-8-10-16-28/h8-19,25-26H,7,20-21H2,1-6H3,(H,32,36)/t25-,26-/m0/s1. The number of carbonyl (C=O) groups excluding carboxylic acids is 2.